The highest BCUT2D eigenvalue weighted by Gasteiger charge is 2.16. The lowest BCUT2D eigenvalue weighted by Crippen LogP contribution is -2.41. The SMILES string of the molecule is COc1ccc(CCNC(=O)C(=O)N[C@@H](C)c2ccccc2)cc1OC. The van der Waals surface area contributed by atoms with Crippen molar-refractivity contribution in [3.8, 4) is 11.5 Å². The topological polar surface area (TPSA) is 76.7 Å². The van der Waals surface area contributed by atoms with Gasteiger partial charge in [0.2, 0.25) is 0 Å². The lowest BCUT2D eigenvalue weighted by atomic mass is 10.1. The molecule has 0 aliphatic heterocycles. The first kappa shape index (κ1) is 19.3. The fourth-order valence-corrected chi connectivity index (χ4v) is 2.52. The average molecular weight is 356 g/mol. The summed E-state index contributed by atoms with van der Waals surface area (Å²) in [5.74, 6) is -0.0118. The Bertz CT molecular complexity index is 747. The number of carbonyl (C=O) groups excluding carboxylic acids is 2. The van der Waals surface area contributed by atoms with E-state index >= 15 is 0 Å². The molecule has 0 saturated carbocycles. The zero-order valence-electron chi connectivity index (χ0n) is 15.2. The van der Waals surface area contributed by atoms with E-state index in [1.54, 1.807) is 14.2 Å². The van der Waals surface area contributed by atoms with Gasteiger partial charge in [-0.1, -0.05) is 36.4 Å². The highest BCUT2D eigenvalue weighted by atomic mass is 16.5. The summed E-state index contributed by atoms with van der Waals surface area (Å²) >= 11 is 0. The summed E-state index contributed by atoms with van der Waals surface area (Å²) in [6.07, 6.45) is 0.577. The highest BCUT2D eigenvalue weighted by Crippen LogP contribution is 2.27. The molecule has 1 atom stereocenters. The molecule has 138 valence electrons. The Labute approximate surface area is 153 Å². The van der Waals surface area contributed by atoms with Crippen LogP contribution in [0.25, 0.3) is 0 Å². The Balaban J connectivity index is 1.82. The molecule has 6 heteroatoms. The number of hydrogen-bond donors (Lipinski definition) is 2. The van der Waals surface area contributed by atoms with Crippen LogP contribution in [-0.4, -0.2) is 32.6 Å². The number of amides is 2. The van der Waals surface area contributed by atoms with Crippen molar-refractivity contribution in [2.45, 2.75) is 19.4 Å². The van der Waals surface area contributed by atoms with Gasteiger partial charge in [0.05, 0.1) is 20.3 Å². The van der Waals surface area contributed by atoms with E-state index in [0.717, 1.165) is 11.1 Å². The first-order valence-corrected chi connectivity index (χ1v) is 8.39. The van der Waals surface area contributed by atoms with Crippen LogP contribution < -0.4 is 20.1 Å². The fourth-order valence-electron chi connectivity index (χ4n) is 2.52. The van der Waals surface area contributed by atoms with Crippen LogP contribution in [0.15, 0.2) is 48.5 Å². The second-order valence-corrected chi connectivity index (χ2v) is 5.80. The van der Waals surface area contributed by atoms with Crippen LogP contribution >= 0.6 is 0 Å². The molecule has 2 amide bonds. The first-order chi connectivity index (χ1) is 12.5. The molecule has 0 heterocycles. The van der Waals surface area contributed by atoms with Crippen molar-refractivity contribution in [2.75, 3.05) is 20.8 Å². The molecule has 2 aromatic rings. The van der Waals surface area contributed by atoms with E-state index in [0.29, 0.717) is 24.5 Å². The predicted molar refractivity (Wildman–Crippen MR) is 99.3 cm³/mol. The molecule has 0 spiro atoms. The minimum Gasteiger partial charge on any atom is -0.493 e. The van der Waals surface area contributed by atoms with E-state index in [-0.39, 0.29) is 6.04 Å². The van der Waals surface area contributed by atoms with Crippen LogP contribution in [0.4, 0.5) is 0 Å². The van der Waals surface area contributed by atoms with Gasteiger partial charge >= 0.3 is 11.8 Å². The number of hydrogen-bond acceptors (Lipinski definition) is 4. The molecule has 26 heavy (non-hydrogen) atoms. The Morgan fingerprint density at radius 1 is 0.962 bits per heavy atom. The normalized spacial score (nSPS) is 11.3. The molecule has 2 aromatic carbocycles. The summed E-state index contributed by atoms with van der Waals surface area (Å²) in [5, 5.41) is 5.32. The molecule has 0 radical (unpaired) electrons. The van der Waals surface area contributed by atoms with Crippen molar-refractivity contribution in [3.63, 3.8) is 0 Å². The maximum Gasteiger partial charge on any atom is 0.309 e. The van der Waals surface area contributed by atoms with Crippen molar-refractivity contribution in [3.05, 3.63) is 59.7 Å². The van der Waals surface area contributed by atoms with E-state index < -0.39 is 11.8 Å². The van der Waals surface area contributed by atoms with Crippen LogP contribution in [0, 0.1) is 0 Å². The van der Waals surface area contributed by atoms with Gasteiger partial charge in [-0.3, -0.25) is 9.59 Å². The number of ether oxygens (including phenoxy) is 2. The monoisotopic (exact) mass is 356 g/mol. The van der Waals surface area contributed by atoms with Crippen LogP contribution in [0.2, 0.25) is 0 Å². The average Bonchev–Trinajstić information content (AvgIpc) is 2.68. The quantitative estimate of drug-likeness (QED) is 0.746. The van der Waals surface area contributed by atoms with Gasteiger partial charge < -0.3 is 20.1 Å². The van der Waals surface area contributed by atoms with Crippen molar-refractivity contribution < 1.29 is 19.1 Å². The maximum atomic E-state index is 12.0. The number of nitrogens with one attached hydrogen (secondary N) is 2. The van der Waals surface area contributed by atoms with Crippen LogP contribution in [0.1, 0.15) is 24.1 Å². The van der Waals surface area contributed by atoms with Gasteiger partial charge in [0, 0.05) is 6.54 Å². The third kappa shape index (κ3) is 5.24. The Hall–Kier alpha value is -3.02. The van der Waals surface area contributed by atoms with E-state index in [1.165, 1.54) is 0 Å². The van der Waals surface area contributed by atoms with Gasteiger partial charge in [0.15, 0.2) is 11.5 Å². The lowest BCUT2D eigenvalue weighted by molar-refractivity contribution is -0.139. The largest absolute Gasteiger partial charge is 0.493 e. The second-order valence-electron chi connectivity index (χ2n) is 5.80. The van der Waals surface area contributed by atoms with Gasteiger partial charge in [-0.25, -0.2) is 0 Å². The number of benzene rings is 2. The molecule has 6 nitrogen and oxygen atoms in total. The van der Waals surface area contributed by atoms with Crippen molar-refractivity contribution >= 4 is 11.8 Å². The number of rotatable bonds is 7. The van der Waals surface area contributed by atoms with Crippen LogP contribution in [0.5, 0.6) is 11.5 Å². The van der Waals surface area contributed by atoms with Gasteiger partial charge in [0.25, 0.3) is 0 Å². The van der Waals surface area contributed by atoms with Gasteiger partial charge in [-0.05, 0) is 36.6 Å². The summed E-state index contributed by atoms with van der Waals surface area (Å²) in [4.78, 5) is 23.9. The molecule has 0 bridgehead atoms. The van der Waals surface area contributed by atoms with Crippen LogP contribution in [-0.2, 0) is 16.0 Å². The Kier molecular flexibility index (Phi) is 7.02. The van der Waals surface area contributed by atoms with E-state index in [1.807, 2.05) is 55.5 Å². The van der Waals surface area contributed by atoms with Crippen LogP contribution in [0.3, 0.4) is 0 Å². The van der Waals surface area contributed by atoms with Gasteiger partial charge in [0.1, 0.15) is 0 Å². The van der Waals surface area contributed by atoms with Gasteiger partial charge in [-0.2, -0.15) is 0 Å². The summed E-state index contributed by atoms with van der Waals surface area (Å²) in [6.45, 7) is 2.19. The molecule has 0 aliphatic rings. The predicted octanol–water partition coefficient (Wildman–Crippen LogP) is 2.24. The molecule has 0 unspecified atom stereocenters. The zero-order valence-corrected chi connectivity index (χ0v) is 15.2. The van der Waals surface area contributed by atoms with Gasteiger partial charge in [-0.15, -0.1) is 0 Å². The molecule has 0 aliphatic carbocycles. The first-order valence-electron chi connectivity index (χ1n) is 8.39. The molecular formula is C20H24N2O4. The maximum absolute atomic E-state index is 12.0. The van der Waals surface area contributed by atoms with Crippen molar-refractivity contribution in [1.29, 1.82) is 0 Å². The third-order valence-corrected chi connectivity index (χ3v) is 4.00. The molecule has 0 fully saturated rings. The van der Waals surface area contributed by atoms with E-state index in [9.17, 15) is 9.59 Å². The molecule has 2 N–H and O–H groups in total. The fraction of sp³-hybridized carbons (Fsp3) is 0.300. The third-order valence-electron chi connectivity index (χ3n) is 4.00. The summed E-state index contributed by atoms with van der Waals surface area (Å²) in [5.41, 5.74) is 1.92. The van der Waals surface area contributed by atoms with E-state index in [2.05, 4.69) is 10.6 Å². The molecule has 2 rings (SSSR count). The molecular weight excluding hydrogens is 332 g/mol. The smallest absolute Gasteiger partial charge is 0.309 e. The summed E-state index contributed by atoms with van der Waals surface area (Å²) in [7, 11) is 3.15. The minimum atomic E-state index is -0.645. The standard InChI is InChI=1S/C20H24N2O4/c1-14(16-7-5-4-6-8-16)22-20(24)19(23)21-12-11-15-9-10-17(25-2)18(13-15)26-3/h4-10,13-14H,11-12H2,1-3H3,(H,21,23)(H,22,24)/t14-/m0/s1. The van der Waals surface area contributed by atoms with E-state index in [4.69, 9.17) is 9.47 Å². The highest BCUT2D eigenvalue weighted by molar-refractivity contribution is 6.35. The van der Waals surface area contributed by atoms with Crippen molar-refractivity contribution in [1.82, 2.24) is 10.6 Å². The summed E-state index contributed by atoms with van der Waals surface area (Å²) in [6, 6.07) is 14.8. The second kappa shape index (κ2) is 9.46. The lowest BCUT2D eigenvalue weighted by Gasteiger charge is -2.14. The zero-order chi connectivity index (χ0) is 18.9. The minimum absolute atomic E-state index is 0.236. The van der Waals surface area contributed by atoms with Crippen molar-refractivity contribution in [2.24, 2.45) is 0 Å². The number of methoxy groups -OCH3 is 2. The number of carbonyl (C=O) groups is 2. The molecule has 0 saturated heterocycles. The Morgan fingerprint density at radius 3 is 2.31 bits per heavy atom. The summed E-state index contributed by atoms with van der Waals surface area (Å²) < 4.78 is 10.4. The molecule has 0 aromatic heterocycles. The Morgan fingerprint density at radius 2 is 1.65 bits per heavy atom.